The number of H-pyrrole nitrogens is 1. The minimum atomic E-state index is -0.745. The summed E-state index contributed by atoms with van der Waals surface area (Å²) in [5.74, 6) is 0.774. The predicted octanol–water partition coefficient (Wildman–Crippen LogP) is 3.62. The molecule has 10 heteroatoms. The van der Waals surface area contributed by atoms with Crippen molar-refractivity contribution in [2.24, 2.45) is 11.3 Å². The van der Waals surface area contributed by atoms with Gasteiger partial charge in [0.15, 0.2) is 0 Å². The summed E-state index contributed by atoms with van der Waals surface area (Å²) in [4.78, 5) is 48.7. The van der Waals surface area contributed by atoms with Gasteiger partial charge < -0.3 is 30.0 Å². The Hall–Kier alpha value is -3.56. The van der Waals surface area contributed by atoms with Gasteiger partial charge in [-0.05, 0) is 56.2 Å². The summed E-state index contributed by atoms with van der Waals surface area (Å²) in [7, 11) is 1.61. The zero-order valence-electron chi connectivity index (χ0n) is 23.7. The Morgan fingerprint density at radius 2 is 1.85 bits per heavy atom. The van der Waals surface area contributed by atoms with Gasteiger partial charge in [-0.1, -0.05) is 31.4 Å². The monoisotopic (exact) mass is 553 g/mol. The van der Waals surface area contributed by atoms with Crippen LogP contribution in [-0.2, 0) is 27.2 Å². The molecule has 1 saturated heterocycles. The van der Waals surface area contributed by atoms with E-state index in [-0.39, 0.29) is 11.9 Å². The zero-order chi connectivity index (χ0) is 28.4. The van der Waals surface area contributed by atoms with Crippen molar-refractivity contribution >= 4 is 17.9 Å². The molecule has 1 atom stereocenters. The fraction of sp³-hybridized carbons (Fsp3) is 0.600. The summed E-state index contributed by atoms with van der Waals surface area (Å²) in [6.07, 6.45) is 11.0. The maximum atomic E-state index is 13.8. The average Bonchev–Trinajstić information content (AvgIpc) is 3.51. The molecule has 0 spiro atoms. The third-order valence-corrected chi connectivity index (χ3v) is 8.47. The number of aromatic amines is 1. The standard InChI is InChI=1S/C30H43N5O5/c1-3-40-28(37)30(23-7-5-4-6-8-23)14-17-35(18-15-30)27(36)26(19-22-9-11-25(39-2)12-10-22)34-29(38)32-16-13-24-20-31-21-33-24/h9-12,20-21,23,26H,3-8,13-19H2,1-2H3,(H,31,33)(H2,32,34,38)/t26-/m0/s1. The molecule has 2 heterocycles. The molecule has 10 nitrogen and oxygen atoms in total. The number of hydrogen-bond donors (Lipinski definition) is 3. The van der Waals surface area contributed by atoms with E-state index in [1.54, 1.807) is 24.5 Å². The molecule has 3 N–H and O–H groups in total. The van der Waals surface area contributed by atoms with E-state index in [9.17, 15) is 14.4 Å². The number of methoxy groups -OCH3 is 1. The number of carbonyl (C=O) groups is 3. The van der Waals surface area contributed by atoms with Gasteiger partial charge >= 0.3 is 12.0 Å². The number of rotatable bonds is 11. The van der Waals surface area contributed by atoms with Crippen LogP contribution in [0.5, 0.6) is 5.75 Å². The van der Waals surface area contributed by atoms with Crippen molar-refractivity contribution in [1.82, 2.24) is 25.5 Å². The summed E-state index contributed by atoms with van der Waals surface area (Å²) < 4.78 is 10.8. The minimum Gasteiger partial charge on any atom is -0.497 e. The number of nitrogens with one attached hydrogen (secondary N) is 3. The second kappa shape index (κ2) is 14.2. The van der Waals surface area contributed by atoms with Crippen LogP contribution >= 0.6 is 0 Å². The highest BCUT2D eigenvalue weighted by atomic mass is 16.5. The number of likely N-dealkylation sites (tertiary alicyclic amines) is 1. The van der Waals surface area contributed by atoms with Crippen LogP contribution in [0, 0.1) is 11.3 Å². The van der Waals surface area contributed by atoms with E-state index in [1.807, 2.05) is 31.2 Å². The number of urea groups is 1. The van der Waals surface area contributed by atoms with Crippen molar-refractivity contribution in [3.63, 3.8) is 0 Å². The Labute approximate surface area is 236 Å². The third kappa shape index (κ3) is 7.34. The Morgan fingerprint density at radius 3 is 2.48 bits per heavy atom. The number of nitrogens with zero attached hydrogens (tertiary/aromatic N) is 2. The van der Waals surface area contributed by atoms with E-state index in [2.05, 4.69) is 20.6 Å². The minimum absolute atomic E-state index is 0.112. The first kappa shape index (κ1) is 29.4. The van der Waals surface area contributed by atoms with Crippen molar-refractivity contribution in [3.05, 3.63) is 48.0 Å². The molecule has 2 aromatic rings. The Morgan fingerprint density at radius 1 is 1.12 bits per heavy atom. The zero-order valence-corrected chi connectivity index (χ0v) is 23.7. The largest absolute Gasteiger partial charge is 0.497 e. The van der Waals surface area contributed by atoms with Crippen molar-refractivity contribution in [2.45, 2.75) is 70.8 Å². The quantitative estimate of drug-likeness (QED) is 0.365. The van der Waals surface area contributed by atoms with Crippen molar-refractivity contribution in [3.8, 4) is 5.75 Å². The van der Waals surface area contributed by atoms with Gasteiger partial charge in [-0.2, -0.15) is 0 Å². The van der Waals surface area contributed by atoms with E-state index in [1.165, 1.54) is 6.42 Å². The van der Waals surface area contributed by atoms with Gasteiger partial charge in [0, 0.05) is 44.4 Å². The summed E-state index contributed by atoms with van der Waals surface area (Å²) >= 11 is 0. The van der Waals surface area contributed by atoms with Gasteiger partial charge in [0.1, 0.15) is 11.8 Å². The number of esters is 1. The molecular formula is C30H43N5O5. The molecule has 4 rings (SSSR count). The maximum Gasteiger partial charge on any atom is 0.315 e. The smallest absolute Gasteiger partial charge is 0.315 e. The summed E-state index contributed by atoms with van der Waals surface area (Å²) in [5, 5.41) is 5.76. The van der Waals surface area contributed by atoms with E-state index < -0.39 is 17.5 Å². The lowest BCUT2D eigenvalue weighted by molar-refractivity contribution is -0.166. The van der Waals surface area contributed by atoms with Gasteiger partial charge in [-0.25, -0.2) is 9.78 Å². The highest BCUT2D eigenvalue weighted by Gasteiger charge is 2.49. The average molecular weight is 554 g/mol. The Balaban J connectivity index is 1.43. The van der Waals surface area contributed by atoms with Crippen molar-refractivity contribution < 1.29 is 23.9 Å². The fourth-order valence-corrected chi connectivity index (χ4v) is 6.19. The second-order valence-electron chi connectivity index (χ2n) is 10.9. The number of amides is 3. The van der Waals surface area contributed by atoms with E-state index in [0.29, 0.717) is 57.8 Å². The molecular weight excluding hydrogens is 510 g/mol. The van der Waals surface area contributed by atoms with Crippen LogP contribution in [0.1, 0.15) is 63.1 Å². The van der Waals surface area contributed by atoms with Gasteiger partial charge in [0.2, 0.25) is 5.91 Å². The topological polar surface area (TPSA) is 126 Å². The first-order valence-corrected chi connectivity index (χ1v) is 14.6. The van der Waals surface area contributed by atoms with Crippen LogP contribution in [0.15, 0.2) is 36.8 Å². The van der Waals surface area contributed by atoms with E-state index in [4.69, 9.17) is 9.47 Å². The molecule has 2 aliphatic rings. The van der Waals surface area contributed by atoms with E-state index >= 15 is 0 Å². The lowest BCUT2D eigenvalue weighted by atomic mass is 9.63. The molecule has 1 saturated carbocycles. The Kier molecular flexibility index (Phi) is 10.4. The number of piperidine rings is 1. The predicted molar refractivity (Wildman–Crippen MR) is 151 cm³/mol. The van der Waals surface area contributed by atoms with Crippen LogP contribution in [0.4, 0.5) is 4.79 Å². The second-order valence-corrected chi connectivity index (χ2v) is 10.9. The SMILES string of the molecule is CCOC(=O)C1(C2CCCCC2)CCN(C(=O)[C@H](Cc2ccc(OC)cc2)NC(=O)NCCc2cnc[nH]2)CC1. The number of benzene rings is 1. The molecule has 1 aromatic heterocycles. The highest BCUT2D eigenvalue weighted by molar-refractivity contribution is 5.88. The Bertz CT molecular complexity index is 1090. The van der Waals surface area contributed by atoms with Gasteiger partial charge in [0.05, 0.1) is 25.5 Å². The summed E-state index contributed by atoms with van der Waals surface area (Å²) in [5.41, 5.74) is 1.30. The third-order valence-electron chi connectivity index (χ3n) is 8.47. The van der Waals surface area contributed by atoms with Gasteiger partial charge in [0.25, 0.3) is 0 Å². The van der Waals surface area contributed by atoms with Gasteiger partial charge in [-0.3, -0.25) is 9.59 Å². The molecule has 218 valence electrons. The number of carbonyl (C=O) groups excluding carboxylic acids is 3. The number of ether oxygens (including phenoxy) is 2. The molecule has 2 fully saturated rings. The molecule has 0 bridgehead atoms. The number of hydrogen-bond acceptors (Lipinski definition) is 6. The molecule has 40 heavy (non-hydrogen) atoms. The highest BCUT2D eigenvalue weighted by Crippen LogP contribution is 2.47. The van der Waals surface area contributed by atoms with Crippen LogP contribution < -0.4 is 15.4 Å². The number of aromatic nitrogens is 2. The van der Waals surface area contributed by atoms with E-state index in [0.717, 1.165) is 42.7 Å². The van der Waals surface area contributed by atoms with Gasteiger partial charge in [-0.15, -0.1) is 0 Å². The van der Waals surface area contributed by atoms with Crippen LogP contribution in [0.25, 0.3) is 0 Å². The first-order valence-electron chi connectivity index (χ1n) is 14.6. The molecule has 0 radical (unpaired) electrons. The van der Waals surface area contributed by atoms with Crippen LogP contribution in [0.2, 0.25) is 0 Å². The molecule has 1 aliphatic carbocycles. The fourth-order valence-electron chi connectivity index (χ4n) is 6.19. The maximum absolute atomic E-state index is 13.8. The molecule has 3 amide bonds. The molecule has 1 aliphatic heterocycles. The summed E-state index contributed by atoms with van der Waals surface area (Å²) in [6.45, 7) is 3.55. The van der Waals surface area contributed by atoms with Crippen LogP contribution in [0.3, 0.4) is 0 Å². The summed E-state index contributed by atoms with van der Waals surface area (Å²) in [6, 6.07) is 6.36. The first-order chi connectivity index (χ1) is 19.4. The normalized spacial score (nSPS) is 18.0. The van der Waals surface area contributed by atoms with Crippen LogP contribution in [-0.4, -0.2) is 72.2 Å². The number of imidazole rings is 1. The molecule has 1 aromatic carbocycles. The van der Waals surface area contributed by atoms with Crippen molar-refractivity contribution in [1.29, 1.82) is 0 Å². The lowest BCUT2D eigenvalue weighted by Crippen LogP contribution is -2.56. The lowest BCUT2D eigenvalue weighted by Gasteiger charge is -2.46. The molecule has 0 unspecified atom stereocenters. The van der Waals surface area contributed by atoms with Crippen molar-refractivity contribution in [2.75, 3.05) is 33.4 Å².